The third kappa shape index (κ3) is 2.47. The molecule has 3 N–H and O–H groups in total. The maximum Gasteiger partial charge on any atom is 0.108 e. The van der Waals surface area contributed by atoms with Gasteiger partial charge in [0.05, 0.1) is 6.61 Å². The van der Waals surface area contributed by atoms with Crippen LogP contribution in [0.1, 0.15) is 11.7 Å². The molecule has 0 amide bonds. The highest BCUT2D eigenvalue weighted by atomic mass is 79.9. The fraction of sp³-hybridized carbons (Fsp3) is 0.375. The Morgan fingerprint density at radius 1 is 1.46 bits per heavy atom. The standard InChI is InChI=1S/C8H10BrNO3/c9-6-3-10-2-1-5(6)8(13)7(12)4-11/h1-3,7-8,11-13H,4H2. The first-order chi connectivity index (χ1) is 6.16. The van der Waals surface area contributed by atoms with Gasteiger partial charge in [0.25, 0.3) is 0 Å². The van der Waals surface area contributed by atoms with Crippen LogP contribution in [0.25, 0.3) is 0 Å². The van der Waals surface area contributed by atoms with Gasteiger partial charge in [-0.05, 0) is 22.0 Å². The maximum absolute atomic E-state index is 9.50. The third-order valence-electron chi connectivity index (χ3n) is 1.67. The van der Waals surface area contributed by atoms with Crippen molar-refractivity contribution in [3.8, 4) is 0 Å². The molecule has 4 nitrogen and oxygen atoms in total. The van der Waals surface area contributed by atoms with Gasteiger partial charge in [-0.25, -0.2) is 0 Å². The largest absolute Gasteiger partial charge is 0.394 e. The summed E-state index contributed by atoms with van der Waals surface area (Å²) in [6.45, 7) is -0.476. The summed E-state index contributed by atoms with van der Waals surface area (Å²) < 4.78 is 0.606. The summed E-state index contributed by atoms with van der Waals surface area (Å²) in [5.74, 6) is 0. The number of hydrogen-bond donors (Lipinski definition) is 3. The SMILES string of the molecule is OCC(O)C(O)c1ccncc1Br. The summed E-state index contributed by atoms with van der Waals surface area (Å²) in [6.07, 6.45) is 0.761. The molecule has 0 bridgehead atoms. The Morgan fingerprint density at radius 2 is 2.15 bits per heavy atom. The van der Waals surface area contributed by atoms with E-state index in [4.69, 9.17) is 10.2 Å². The van der Waals surface area contributed by atoms with Gasteiger partial charge in [0, 0.05) is 22.4 Å². The summed E-state index contributed by atoms with van der Waals surface area (Å²) in [5, 5.41) is 27.3. The second kappa shape index (κ2) is 4.66. The molecule has 2 unspecified atom stereocenters. The third-order valence-corrected chi connectivity index (χ3v) is 2.34. The lowest BCUT2D eigenvalue weighted by Crippen LogP contribution is -2.22. The first-order valence-corrected chi connectivity index (χ1v) is 4.52. The average molecular weight is 248 g/mol. The predicted molar refractivity (Wildman–Crippen MR) is 50.0 cm³/mol. The van der Waals surface area contributed by atoms with E-state index in [1.54, 1.807) is 6.07 Å². The van der Waals surface area contributed by atoms with Crippen molar-refractivity contribution < 1.29 is 15.3 Å². The molecule has 1 aromatic heterocycles. The van der Waals surface area contributed by atoms with Gasteiger partial charge in [-0.3, -0.25) is 4.98 Å². The number of aliphatic hydroxyl groups excluding tert-OH is 3. The molecular weight excluding hydrogens is 238 g/mol. The van der Waals surface area contributed by atoms with Crippen molar-refractivity contribution in [1.29, 1.82) is 0 Å². The molecule has 1 aromatic rings. The van der Waals surface area contributed by atoms with Gasteiger partial charge in [-0.15, -0.1) is 0 Å². The molecule has 5 heteroatoms. The van der Waals surface area contributed by atoms with E-state index < -0.39 is 18.8 Å². The van der Waals surface area contributed by atoms with Gasteiger partial charge in [-0.1, -0.05) is 0 Å². The number of hydrogen-bond acceptors (Lipinski definition) is 4. The van der Waals surface area contributed by atoms with E-state index in [2.05, 4.69) is 20.9 Å². The zero-order valence-corrected chi connectivity index (χ0v) is 8.35. The van der Waals surface area contributed by atoms with Crippen LogP contribution in [0.4, 0.5) is 0 Å². The molecule has 0 aromatic carbocycles. The fourth-order valence-electron chi connectivity index (χ4n) is 0.933. The summed E-state index contributed by atoms with van der Waals surface area (Å²) in [6, 6.07) is 1.58. The van der Waals surface area contributed by atoms with Gasteiger partial charge in [-0.2, -0.15) is 0 Å². The van der Waals surface area contributed by atoms with E-state index in [0.717, 1.165) is 0 Å². The van der Waals surface area contributed by atoms with Crippen molar-refractivity contribution in [1.82, 2.24) is 4.98 Å². The maximum atomic E-state index is 9.50. The van der Waals surface area contributed by atoms with Crippen LogP contribution in [0.15, 0.2) is 22.9 Å². The Kier molecular flexibility index (Phi) is 3.80. The van der Waals surface area contributed by atoms with Crippen molar-refractivity contribution >= 4 is 15.9 Å². The molecule has 0 aliphatic rings. The smallest absolute Gasteiger partial charge is 0.108 e. The van der Waals surface area contributed by atoms with Crippen molar-refractivity contribution in [2.24, 2.45) is 0 Å². The minimum Gasteiger partial charge on any atom is -0.394 e. The zero-order valence-electron chi connectivity index (χ0n) is 6.76. The first kappa shape index (κ1) is 10.6. The number of nitrogens with zero attached hydrogens (tertiary/aromatic N) is 1. The molecule has 0 spiro atoms. The molecular formula is C8H10BrNO3. The van der Waals surface area contributed by atoms with E-state index in [1.807, 2.05) is 0 Å². The molecule has 13 heavy (non-hydrogen) atoms. The number of aliphatic hydroxyl groups is 3. The zero-order chi connectivity index (χ0) is 9.84. The summed E-state index contributed by atoms with van der Waals surface area (Å²) >= 11 is 3.18. The van der Waals surface area contributed by atoms with Gasteiger partial charge in [0.1, 0.15) is 12.2 Å². The van der Waals surface area contributed by atoms with Gasteiger partial charge < -0.3 is 15.3 Å². The van der Waals surface area contributed by atoms with E-state index >= 15 is 0 Å². The van der Waals surface area contributed by atoms with Gasteiger partial charge >= 0.3 is 0 Å². The van der Waals surface area contributed by atoms with Crippen molar-refractivity contribution in [3.63, 3.8) is 0 Å². The lowest BCUT2D eigenvalue weighted by Gasteiger charge is -2.16. The Bertz CT molecular complexity index is 282. The quantitative estimate of drug-likeness (QED) is 0.715. The fourth-order valence-corrected chi connectivity index (χ4v) is 1.42. The van der Waals surface area contributed by atoms with Crippen molar-refractivity contribution in [3.05, 3.63) is 28.5 Å². The normalized spacial score (nSPS) is 15.4. The predicted octanol–water partition coefficient (Wildman–Crippen LogP) is 0.231. The summed E-state index contributed by atoms with van der Waals surface area (Å²) in [7, 11) is 0. The van der Waals surface area contributed by atoms with Gasteiger partial charge in [0.2, 0.25) is 0 Å². The highest BCUT2D eigenvalue weighted by Gasteiger charge is 2.19. The highest BCUT2D eigenvalue weighted by Crippen LogP contribution is 2.24. The Morgan fingerprint density at radius 3 is 2.69 bits per heavy atom. The molecule has 2 atom stereocenters. The monoisotopic (exact) mass is 247 g/mol. The van der Waals surface area contributed by atoms with E-state index in [-0.39, 0.29) is 0 Å². The molecule has 0 aliphatic carbocycles. The molecule has 0 aliphatic heterocycles. The van der Waals surface area contributed by atoms with Crippen LogP contribution in [-0.4, -0.2) is 33.0 Å². The Labute approximate surface area is 84.0 Å². The van der Waals surface area contributed by atoms with Crippen molar-refractivity contribution in [2.75, 3.05) is 6.61 Å². The van der Waals surface area contributed by atoms with Crippen LogP contribution in [-0.2, 0) is 0 Å². The topological polar surface area (TPSA) is 73.6 Å². The molecule has 1 rings (SSSR count). The van der Waals surface area contributed by atoms with Crippen LogP contribution < -0.4 is 0 Å². The number of rotatable bonds is 3. The Hall–Kier alpha value is -0.490. The molecule has 1 heterocycles. The molecule has 0 saturated heterocycles. The van der Waals surface area contributed by atoms with Crippen LogP contribution in [0, 0.1) is 0 Å². The summed E-state index contributed by atoms with van der Waals surface area (Å²) in [4.78, 5) is 3.81. The molecule has 72 valence electrons. The average Bonchev–Trinajstić information content (AvgIpc) is 2.16. The molecule has 0 fully saturated rings. The van der Waals surface area contributed by atoms with Crippen LogP contribution in [0.5, 0.6) is 0 Å². The highest BCUT2D eigenvalue weighted by molar-refractivity contribution is 9.10. The minimum atomic E-state index is -1.17. The number of halogens is 1. The van der Waals surface area contributed by atoms with E-state index in [9.17, 15) is 5.11 Å². The summed E-state index contributed by atoms with van der Waals surface area (Å²) in [5.41, 5.74) is 0.511. The van der Waals surface area contributed by atoms with E-state index in [0.29, 0.717) is 10.0 Å². The molecule has 0 saturated carbocycles. The second-order valence-electron chi connectivity index (χ2n) is 2.59. The Balaban J connectivity index is 2.88. The lowest BCUT2D eigenvalue weighted by atomic mass is 10.1. The molecule has 0 radical (unpaired) electrons. The van der Waals surface area contributed by atoms with Crippen LogP contribution in [0.3, 0.4) is 0 Å². The first-order valence-electron chi connectivity index (χ1n) is 3.73. The van der Waals surface area contributed by atoms with Crippen molar-refractivity contribution in [2.45, 2.75) is 12.2 Å². The lowest BCUT2D eigenvalue weighted by molar-refractivity contribution is -0.0156. The van der Waals surface area contributed by atoms with Crippen LogP contribution in [0.2, 0.25) is 0 Å². The number of aromatic nitrogens is 1. The van der Waals surface area contributed by atoms with Crippen LogP contribution >= 0.6 is 15.9 Å². The van der Waals surface area contributed by atoms with E-state index in [1.165, 1.54) is 12.4 Å². The number of pyridine rings is 1. The second-order valence-corrected chi connectivity index (χ2v) is 3.45. The minimum absolute atomic E-state index is 0.476. The van der Waals surface area contributed by atoms with Gasteiger partial charge in [0.15, 0.2) is 0 Å².